The maximum Gasteiger partial charge on any atom is 0.0755 e. The predicted molar refractivity (Wildman–Crippen MR) is 57.7 cm³/mol. The first kappa shape index (κ1) is 8.71. The number of benzene rings is 1. The van der Waals surface area contributed by atoms with E-state index in [2.05, 4.69) is 53.4 Å². The number of halogens is 1. The lowest BCUT2D eigenvalue weighted by atomic mass is 10.2. The van der Waals surface area contributed by atoms with Gasteiger partial charge < -0.3 is 0 Å². The maximum atomic E-state index is 3.89. The number of rotatable bonds is 2. The molecule has 0 spiro atoms. The van der Waals surface area contributed by atoms with Gasteiger partial charge in [-0.15, -0.1) is 0 Å². The molecule has 0 unspecified atom stereocenters. The molecule has 2 heteroatoms. The van der Waals surface area contributed by atoms with Crippen molar-refractivity contribution >= 4 is 35.0 Å². The molecule has 11 heavy (non-hydrogen) atoms. The summed E-state index contributed by atoms with van der Waals surface area (Å²) in [5, 5.41) is 0. The molecule has 0 heterocycles. The zero-order valence-electron chi connectivity index (χ0n) is 6.47. The van der Waals surface area contributed by atoms with Crippen LogP contribution in [0.3, 0.4) is 0 Å². The van der Waals surface area contributed by atoms with Gasteiger partial charge in [0.25, 0.3) is 0 Å². The Morgan fingerprint density at radius 3 is 2.73 bits per heavy atom. The minimum atomic E-state index is 0.975. The van der Waals surface area contributed by atoms with Crippen molar-refractivity contribution in [2.45, 2.75) is 13.3 Å². The van der Waals surface area contributed by atoms with E-state index in [0.717, 1.165) is 12.1 Å². The molecule has 0 aromatic heterocycles. The molecule has 0 atom stereocenters. The molecule has 0 bridgehead atoms. The molecular formula is C9H10IN. The van der Waals surface area contributed by atoms with Crippen LogP contribution in [-0.4, -0.2) is 6.72 Å². The number of nitrogens with zero attached hydrogens (tertiary/aromatic N) is 1. The minimum Gasteiger partial charge on any atom is -0.264 e. The van der Waals surface area contributed by atoms with Gasteiger partial charge in [0.2, 0.25) is 0 Å². The van der Waals surface area contributed by atoms with Gasteiger partial charge in [-0.2, -0.15) is 0 Å². The lowest BCUT2D eigenvalue weighted by molar-refractivity contribution is 1.14. The Morgan fingerprint density at radius 1 is 1.55 bits per heavy atom. The molecule has 0 saturated carbocycles. The molecule has 0 amide bonds. The summed E-state index contributed by atoms with van der Waals surface area (Å²) in [7, 11) is 0. The van der Waals surface area contributed by atoms with Gasteiger partial charge in [-0.3, -0.25) is 4.99 Å². The van der Waals surface area contributed by atoms with Gasteiger partial charge >= 0.3 is 0 Å². The van der Waals surface area contributed by atoms with Crippen LogP contribution in [0.5, 0.6) is 0 Å². The van der Waals surface area contributed by atoms with E-state index in [4.69, 9.17) is 0 Å². The summed E-state index contributed by atoms with van der Waals surface area (Å²) in [6, 6.07) is 6.24. The second-order valence-electron chi connectivity index (χ2n) is 2.30. The van der Waals surface area contributed by atoms with Crippen molar-refractivity contribution in [1.29, 1.82) is 0 Å². The summed E-state index contributed by atoms with van der Waals surface area (Å²) in [5.74, 6) is 0. The third-order valence-corrected chi connectivity index (χ3v) is 2.45. The van der Waals surface area contributed by atoms with E-state index in [1.807, 2.05) is 6.07 Å². The molecule has 0 N–H and O–H groups in total. The SMILES string of the molecule is C=Nc1ccc(CC)cc1I. The highest BCUT2D eigenvalue weighted by molar-refractivity contribution is 14.1. The monoisotopic (exact) mass is 259 g/mol. The quantitative estimate of drug-likeness (QED) is 0.571. The molecule has 58 valence electrons. The Bertz CT molecular complexity index is 268. The summed E-state index contributed by atoms with van der Waals surface area (Å²) < 4.78 is 1.18. The highest BCUT2D eigenvalue weighted by Crippen LogP contribution is 2.21. The van der Waals surface area contributed by atoms with Gasteiger partial charge in [-0.1, -0.05) is 13.0 Å². The Hall–Kier alpha value is -0.380. The van der Waals surface area contributed by atoms with Gasteiger partial charge in [-0.25, -0.2) is 0 Å². The molecule has 0 radical (unpaired) electrons. The molecule has 1 aromatic carbocycles. The van der Waals surface area contributed by atoms with Crippen LogP contribution < -0.4 is 0 Å². The average molecular weight is 259 g/mol. The van der Waals surface area contributed by atoms with E-state index in [0.29, 0.717) is 0 Å². The Balaban J connectivity index is 3.09. The predicted octanol–water partition coefficient (Wildman–Crippen LogP) is 3.19. The average Bonchev–Trinajstić information content (AvgIpc) is 2.04. The lowest BCUT2D eigenvalue weighted by Gasteiger charge is -1.99. The molecule has 1 nitrogen and oxygen atoms in total. The van der Waals surface area contributed by atoms with Crippen LogP contribution in [0.2, 0.25) is 0 Å². The summed E-state index contributed by atoms with van der Waals surface area (Å²) in [5.41, 5.74) is 2.32. The van der Waals surface area contributed by atoms with Gasteiger partial charge in [0.1, 0.15) is 0 Å². The molecule has 0 aliphatic rings. The van der Waals surface area contributed by atoms with Crippen LogP contribution >= 0.6 is 22.6 Å². The highest BCUT2D eigenvalue weighted by atomic mass is 127. The molecule has 0 aliphatic heterocycles. The van der Waals surface area contributed by atoms with Gasteiger partial charge in [0, 0.05) is 3.57 Å². The Morgan fingerprint density at radius 2 is 2.27 bits per heavy atom. The van der Waals surface area contributed by atoms with Crippen LogP contribution in [0.15, 0.2) is 23.2 Å². The first-order valence-electron chi connectivity index (χ1n) is 3.53. The van der Waals surface area contributed by atoms with Gasteiger partial charge in [0.05, 0.1) is 5.69 Å². The van der Waals surface area contributed by atoms with Crippen molar-refractivity contribution in [3.05, 3.63) is 27.3 Å². The number of hydrogen-bond acceptors (Lipinski definition) is 1. The zero-order valence-corrected chi connectivity index (χ0v) is 8.63. The van der Waals surface area contributed by atoms with Crippen LogP contribution in [0.1, 0.15) is 12.5 Å². The Kier molecular flexibility index (Phi) is 3.05. The standard InChI is InChI=1S/C9H10IN/c1-3-7-4-5-9(11-2)8(10)6-7/h4-6H,2-3H2,1H3. The zero-order chi connectivity index (χ0) is 8.27. The fourth-order valence-corrected chi connectivity index (χ4v) is 1.65. The van der Waals surface area contributed by atoms with Crippen LogP contribution in [0, 0.1) is 3.57 Å². The Labute approximate surface area is 80.7 Å². The summed E-state index contributed by atoms with van der Waals surface area (Å²) in [6.45, 7) is 5.64. The third kappa shape index (κ3) is 2.02. The first-order valence-corrected chi connectivity index (χ1v) is 4.61. The number of hydrogen-bond donors (Lipinski definition) is 0. The lowest BCUT2D eigenvalue weighted by Crippen LogP contribution is -1.80. The van der Waals surface area contributed by atoms with E-state index in [1.165, 1.54) is 9.13 Å². The van der Waals surface area contributed by atoms with E-state index >= 15 is 0 Å². The highest BCUT2D eigenvalue weighted by Gasteiger charge is 1.96. The second-order valence-corrected chi connectivity index (χ2v) is 3.46. The van der Waals surface area contributed by atoms with Gasteiger partial charge in [0.15, 0.2) is 0 Å². The van der Waals surface area contributed by atoms with Crippen molar-refractivity contribution in [2.24, 2.45) is 4.99 Å². The summed E-state index contributed by atoms with van der Waals surface area (Å²) in [4.78, 5) is 3.89. The molecular weight excluding hydrogens is 249 g/mol. The van der Waals surface area contributed by atoms with Crippen molar-refractivity contribution in [2.75, 3.05) is 0 Å². The first-order chi connectivity index (χ1) is 5.27. The van der Waals surface area contributed by atoms with Crippen molar-refractivity contribution in [1.82, 2.24) is 0 Å². The molecule has 0 fully saturated rings. The number of aliphatic imine (C=N–C) groups is 1. The fourth-order valence-electron chi connectivity index (χ4n) is 0.899. The minimum absolute atomic E-state index is 0.975. The topological polar surface area (TPSA) is 12.4 Å². The van der Waals surface area contributed by atoms with Crippen molar-refractivity contribution < 1.29 is 0 Å². The van der Waals surface area contributed by atoms with Crippen molar-refractivity contribution in [3.8, 4) is 0 Å². The second kappa shape index (κ2) is 3.85. The van der Waals surface area contributed by atoms with E-state index < -0.39 is 0 Å². The van der Waals surface area contributed by atoms with E-state index in [1.54, 1.807) is 0 Å². The molecule has 1 aromatic rings. The summed E-state index contributed by atoms with van der Waals surface area (Å²) >= 11 is 2.28. The van der Waals surface area contributed by atoms with E-state index in [9.17, 15) is 0 Å². The maximum absolute atomic E-state index is 3.89. The van der Waals surface area contributed by atoms with Gasteiger partial charge in [-0.05, 0) is 53.4 Å². The smallest absolute Gasteiger partial charge is 0.0755 e. The van der Waals surface area contributed by atoms with Crippen LogP contribution in [-0.2, 0) is 6.42 Å². The third-order valence-electron chi connectivity index (χ3n) is 1.59. The van der Waals surface area contributed by atoms with E-state index in [-0.39, 0.29) is 0 Å². The molecule has 0 saturated heterocycles. The largest absolute Gasteiger partial charge is 0.264 e. The fraction of sp³-hybridized carbons (Fsp3) is 0.222. The van der Waals surface area contributed by atoms with Crippen LogP contribution in [0.25, 0.3) is 0 Å². The van der Waals surface area contributed by atoms with Crippen molar-refractivity contribution in [3.63, 3.8) is 0 Å². The normalized spacial score (nSPS) is 9.64. The summed E-state index contributed by atoms with van der Waals surface area (Å²) in [6.07, 6.45) is 1.08. The van der Waals surface area contributed by atoms with Crippen LogP contribution in [0.4, 0.5) is 5.69 Å². The number of aryl methyl sites for hydroxylation is 1. The molecule has 0 aliphatic carbocycles. The molecule has 1 rings (SSSR count).